The zero-order valence-electron chi connectivity index (χ0n) is 14.5. The van der Waals surface area contributed by atoms with Crippen molar-refractivity contribution in [1.29, 1.82) is 0 Å². The first-order valence-electron chi connectivity index (χ1n) is 8.62. The van der Waals surface area contributed by atoms with Crippen molar-refractivity contribution in [2.45, 2.75) is 32.5 Å². The molecule has 1 aliphatic rings. The highest BCUT2D eigenvalue weighted by Gasteiger charge is 2.31. The zero-order chi connectivity index (χ0) is 17.7. The second-order valence-electron chi connectivity index (χ2n) is 6.38. The number of nitrogens with zero attached hydrogens (tertiary/aromatic N) is 2. The molecule has 0 aliphatic carbocycles. The summed E-state index contributed by atoms with van der Waals surface area (Å²) in [6.45, 7) is 4.08. The Morgan fingerprint density at radius 1 is 1.24 bits per heavy atom. The molecule has 0 N–H and O–H groups in total. The van der Waals surface area contributed by atoms with Gasteiger partial charge in [-0.3, -0.25) is 9.88 Å². The van der Waals surface area contributed by atoms with Crippen molar-refractivity contribution in [3.63, 3.8) is 0 Å². The molecule has 2 aromatic rings. The minimum absolute atomic E-state index is 0.119. The topological polar surface area (TPSA) is 59.5 Å². The van der Waals surface area contributed by atoms with Crippen LogP contribution in [0, 0.1) is 0 Å². The van der Waals surface area contributed by atoms with Gasteiger partial charge in [-0.1, -0.05) is 25.1 Å². The van der Waals surface area contributed by atoms with Crippen LogP contribution in [-0.2, 0) is 23.0 Å². The standard InChI is InChI=1S/C19H24N2O3S/c1-2-21(18-9-11-25(22,23)15-18)13-16-6-5-8-19(12-16)24-14-17-7-3-4-10-20-17/h3-8,10,12,18H,2,9,11,13-15H2,1H3/t18-/m0/s1. The lowest BCUT2D eigenvalue weighted by molar-refractivity contribution is 0.214. The van der Waals surface area contributed by atoms with E-state index in [1.165, 1.54) is 0 Å². The van der Waals surface area contributed by atoms with Gasteiger partial charge >= 0.3 is 0 Å². The number of pyridine rings is 1. The van der Waals surface area contributed by atoms with Crippen LogP contribution in [0.2, 0.25) is 0 Å². The van der Waals surface area contributed by atoms with E-state index in [2.05, 4.69) is 22.9 Å². The molecule has 0 saturated carbocycles. The zero-order valence-corrected chi connectivity index (χ0v) is 15.3. The summed E-state index contributed by atoms with van der Waals surface area (Å²) >= 11 is 0. The third kappa shape index (κ3) is 5.03. The molecule has 0 radical (unpaired) electrons. The summed E-state index contributed by atoms with van der Waals surface area (Å²) in [5.41, 5.74) is 2.02. The van der Waals surface area contributed by atoms with Crippen LogP contribution in [0.5, 0.6) is 5.75 Å². The number of ether oxygens (including phenoxy) is 1. The molecule has 5 nitrogen and oxygen atoms in total. The molecule has 134 valence electrons. The molecule has 0 bridgehead atoms. The van der Waals surface area contributed by atoms with Gasteiger partial charge in [-0.25, -0.2) is 8.42 Å². The number of sulfone groups is 1. The van der Waals surface area contributed by atoms with Crippen LogP contribution in [0.3, 0.4) is 0 Å². The van der Waals surface area contributed by atoms with Gasteiger partial charge in [0, 0.05) is 18.8 Å². The average Bonchev–Trinajstić information content (AvgIpc) is 2.99. The van der Waals surface area contributed by atoms with Crippen molar-refractivity contribution in [1.82, 2.24) is 9.88 Å². The molecule has 0 amide bonds. The van der Waals surface area contributed by atoms with E-state index >= 15 is 0 Å². The Morgan fingerprint density at radius 2 is 2.12 bits per heavy atom. The van der Waals surface area contributed by atoms with Gasteiger partial charge in [0.15, 0.2) is 9.84 Å². The minimum Gasteiger partial charge on any atom is -0.487 e. The van der Waals surface area contributed by atoms with Gasteiger partial charge in [0.1, 0.15) is 12.4 Å². The van der Waals surface area contributed by atoms with Crippen molar-refractivity contribution in [3.8, 4) is 5.75 Å². The van der Waals surface area contributed by atoms with Gasteiger partial charge in [-0.2, -0.15) is 0 Å². The predicted octanol–water partition coefficient (Wildman–Crippen LogP) is 2.67. The van der Waals surface area contributed by atoms with Crippen molar-refractivity contribution >= 4 is 9.84 Å². The largest absolute Gasteiger partial charge is 0.487 e. The van der Waals surface area contributed by atoms with Crippen LogP contribution in [0.15, 0.2) is 48.7 Å². The second kappa shape index (κ2) is 7.97. The first-order valence-corrected chi connectivity index (χ1v) is 10.4. The van der Waals surface area contributed by atoms with Crippen molar-refractivity contribution in [3.05, 3.63) is 59.9 Å². The van der Waals surface area contributed by atoms with Crippen LogP contribution in [0.1, 0.15) is 24.6 Å². The molecule has 6 heteroatoms. The molecule has 1 fully saturated rings. The van der Waals surface area contributed by atoms with Crippen LogP contribution in [0.25, 0.3) is 0 Å². The molecule has 0 unspecified atom stereocenters. The summed E-state index contributed by atoms with van der Waals surface area (Å²) in [7, 11) is -2.86. The van der Waals surface area contributed by atoms with Gasteiger partial charge in [0.2, 0.25) is 0 Å². The van der Waals surface area contributed by atoms with Crippen LogP contribution < -0.4 is 4.74 Å². The van der Waals surface area contributed by atoms with E-state index in [0.717, 1.165) is 36.5 Å². The molecular formula is C19H24N2O3S. The van der Waals surface area contributed by atoms with Crippen molar-refractivity contribution in [2.24, 2.45) is 0 Å². The Kier molecular flexibility index (Phi) is 5.71. The van der Waals surface area contributed by atoms with Crippen LogP contribution >= 0.6 is 0 Å². The lowest BCUT2D eigenvalue weighted by Gasteiger charge is -2.26. The predicted molar refractivity (Wildman–Crippen MR) is 98.2 cm³/mol. The quantitative estimate of drug-likeness (QED) is 0.760. The van der Waals surface area contributed by atoms with E-state index in [4.69, 9.17) is 4.74 Å². The number of hydrogen-bond acceptors (Lipinski definition) is 5. The fraction of sp³-hybridized carbons (Fsp3) is 0.421. The minimum atomic E-state index is -2.86. The first-order chi connectivity index (χ1) is 12.1. The SMILES string of the molecule is CCN(Cc1cccc(OCc2ccccn2)c1)[C@H]1CCS(=O)(=O)C1. The number of benzene rings is 1. The molecule has 3 rings (SSSR count). The summed E-state index contributed by atoms with van der Waals surface area (Å²) in [5, 5.41) is 0. The molecular weight excluding hydrogens is 336 g/mol. The smallest absolute Gasteiger partial charge is 0.151 e. The van der Waals surface area contributed by atoms with Crippen LogP contribution in [0.4, 0.5) is 0 Å². The normalized spacial score (nSPS) is 19.2. The highest BCUT2D eigenvalue weighted by molar-refractivity contribution is 7.91. The average molecular weight is 360 g/mol. The summed E-state index contributed by atoms with van der Waals surface area (Å²) < 4.78 is 29.3. The Bertz CT molecular complexity index is 793. The Morgan fingerprint density at radius 3 is 2.80 bits per heavy atom. The number of hydrogen-bond donors (Lipinski definition) is 0. The molecule has 1 aromatic carbocycles. The number of rotatable bonds is 7. The molecule has 25 heavy (non-hydrogen) atoms. The highest BCUT2D eigenvalue weighted by atomic mass is 32.2. The molecule has 0 spiro atoms. The van der Waals surface area contributed by atoms with Crippen LogP contribution in [-0.4, -0.2) is 42.4 Å². The summed E-state index contributed by atoms with van der Waals surface area (Å²) in [6.07, 6.45) is 2.48. The Labute approximate surface area is 149 Å². The van der Waals surface area contributed by atoms with Gasteiger partial charge in [-0.15, -0.1) is 0 Å². The second-order valence-corrected chi connectivity index (χ2v) is 8.61. The molecule has 1 aromatic heterocycles. The molecule has 2 heterocycles. The van der Waals surface area contributed by atoms with E-state index < -0.39 is 9.84 Å². The van der Waals surface area contributed by atoms with Crippen molar-refractivity contribution in [2.75, 3.05) is 18.1 Å². The van der Waals surface area contributed by atoms with E-state index in [-0.39, 0.29) is 11.8 Å². The maximum atomic E-state index is 11.7. The number of aromatic nitrogens is 1. The van der Waals surface area contributed by atoms with Gasteiger partial charge in [0.25, 0.3) is 0 Å². The fourth-order valence-electron chi connectivity index (χ4n) is 3.17. The maximum Gasteiger partial charge on any atom is 0.151 e. The highest BCUT2D eigenvalue weighted by Crippen LogP contribution is 2.21. The lowest BCUT2D eigenvalue weighted by atomic mass is 10.1. The van der Waals surface area contributed by atoms with E-state index in [9.17, 15) is 8.42 Å². The Balaban J connectivity index is 1.62. The molecule has 1 atom stereocenters. The first kappa shape index (κ1) is 17.9. The summed E-state index contributed by atoms with van der Waals surface area (Å²) in [5.74, 6) is 1.39. The van der Waals surface area contributed by atoms with E-state index in [0.29, 0.717) is 12.4 Å². The van der Waals surface area contributed by atoms with E-state index in [1.54, 1.807) is 6.20 Å². The maximum absolute atomic E-state index is 11.7. The van der Waals surface area contributed by atoms with Gasteiger partial charge in [0.05, 0.1) is 17.2 Å². The van der Waals surface area contributed by atoms with Gasteiger partial charge in [-0.05, 0) is 42.8 Å². The fourth-order valence-corrected chi connectivity index (χ4v) is 4.93. The van der Waals surface area contributed by atoms with Gasteiger partial charge < -0.3 is 4.74 Å². The van der Waals surface area contributed by atoms with Crippen molar-refractivity contribution < 1.29 is 13.2 Å². The summed E-state index contributed by atoms with van der Waals surface area (Å²) in [4.78, 5) is 6.49. The van der Waals surface area contributed by atoms with E-state index in [1.807, 2.05) is 36.4 Å². The monoisotopic (exact) mass is 360 g/mol. The third-order valence-corrected chi connectivity index (χ3v) is 6.28. The lowest BCUT2D eigenvalue weighted by Crippen LogP contribution is -2.35. The third-order valence-electron chi connectivity index (χ3n) is 4.53. The molecule has 1 aliphatic heterocycles. The summed E-state index contributed by atoms with van der Waals surface area (Å²) in [6, 6.07) is 13.9. The molecule has 1 saturated heterocycles. The Hall–Kier alpha value is -1.92.